The minimum Gasteiger partial charge on any atom is -0.497 e. The molecule has 1 aliphatic rings. The van der Waals surface area contributed by atoms with Gasteiger partial charge in [-0.15, -0.1) is 0 Å². The van der Waals surface area contributed by atoms with Crippen molar-refractivity contribution < 1.29 is 4.74 Å². The van der Waals surface area contributed by atoms with Crippen LogP contribution in [0.3, 0.4) is 0 Å². The maximum atomic E-state index is 6.14. The first-order valence-electron chi connectivity index (χ1n) is 7.40. The van der Waals surface area contributed by atoms with Crippen LogP contribution in [0, 0.1) is 0 Å². The molecule has 0 bridgehead atoms. The van der Waals surface area contributed by atoms with Crippen molar-refractivity contribution in [3.63, 3.8) is 0 Å². The molecule has 1 atom stereocenters. The van der Waals surface area contributed by atoms with E-state index in [0.717, 1.165) is 31.8 Å². The zero-order chi connectivity index (χ0) is 15.5. The Labute approximate surface area is 127 Å². The number of nitrogens with zero attached hydrogens (tertiary/aromatic N) is 3. The molecule has 1 aromatic carbocycles. The third-order valence-electron chi connectivity index (χ3n) is 4.28. The number of nitrogens with two attached hydrogens (primary N) is 1. The Kier molecular flexibility index (Phi) is 4.73. The first-order valence-corrected chi connectivity index (χ1v) is 7.40. The molecule has 2 N–H and O–H groups in total. The lowest BCUT2D eigenvalue weighted by molar-refractivity contribution is 0.179. The molecule has 1 aliphatic heterocycles. The number of guanidine groups is 1. The van der Waals surface area contributed by atoms with E-state index >= 15 is 0 Å². The summed E-state index contributed by atoms with van der Waals surface area (Å²) in [7, 11) is 5.83. The van der Waals surface area contributed by atoms with Crippen LogP contribution < -0.4 is 10.5 Å². The summed E-state index contributed by atoms with van der Waals surface area (Å²) in [6, 6.07) is 8.26. The minimum atomic E-state index is -0.133. The highest BCUT2D eigenvalue weighted by molar-refractivity contribution is 5.81. The molecule has 116 valence electrons. The molecule has 0 saturated carbocycles. The Morgan fingerprint density at radius 2 is 2.00 bits per heavy atom. The summed E-state index contributed by atoms with van der Waals surface area (Å²) in [6.07, 6.45) is 0.969. The van der Waals surface area contributed by atoms with Crippen molar-refractivity contribution in [1.82, 2.24) is 9.80 Å². The van der Waals surface area contributed by atoms with Crippen molar-refractivity contribution >= 4 is 5.96 Å². The molecular formula is C16H26N4O. The van der Waals surface area contributed by atoms with Gasteiger partial charge in [0, 0.05) is 13.1 Å². The fraction of sp³-hybridized carbons (Fsp3) is 0.562. The molecule has 1 heterocycles. The van der Waals surface area contributed by atoms with Crippen LogP contribution in [0.1, 0.15) is 18.9 Å². The van der Waals surface area contributed by atoms with Crippen LogP contribution in [0.15, 0.2) is 29.3 Å². The number of rotatable bonds is 6. The normalized spacial score (nSPS) is 21.8. The third-order valence-corrected chi connectivity index (χ3v) is 4.28. The Morgan fingerprint density at radius 1 is 1.33 bits per heavy atom. The second-order valence-corrected chi connectivity index (χ2v) is 5.74. The Balaban J connectivity index is 2.29. The van der Waals surface area contributed by atoms with E-state index in [0.29, 0.717) is 5.96 Å². The zero-order valence-corrected chi connectivity index (χ0v) is 13.5. The van der Waals surface area contributed by atoms with E-state index in [-0.39, 0.29) is 5.54 Å². The predicted molar refractivity (Wildman–Crippen MR) is 86.7 cm³/mol. The summed E-state index contributed by atoms with van der Waals surface area (Å²) in [5.74, 6) is 1.52. The summed E-state index contributed by atoms with van der Waals surface area (Å²) in [4.78, 5) is 8.92. The van der Waals surface area contributed by atoms with E-state index in [4.69, 9.17) is 10.5 Å². The minimum absolute atomic E-state index is 0.133. The van der Waals surface area contributed by atoms with E-state index in [9.17, 15) is 0 Å². The fourth-order valence-electron chi connectivity index (χ4n) is 2.89. The highest BCUT2D eigenvalue weighted by Crippen LogP contribution is 2.36. The molecule has 0 amide bonds. The monoisotopic (exact) mass is 290 g/mol. The van der Waals surface area contributed by atoms with Crippen molar-refractivity contribution in [2.45, 2.75) is 18.9 Å². The van der Waals surface area contributed by atoms with Crippen LogP contribution in [0.4, 0.5) is 0 Å². The Morgan fingerprint density at radius 3 is 2.52 bits per heavy atom. The van der Waals surface area contributed by atoms with Gasteiger partial charge in [0.25, 0.3) is 0 Å². The zero-order valence-electron chi connectivity index (χ0n) is 13.5. The standard InChI is InChI=1S/C16H26N4O/c1-5-16(13-6-8-14(21-4)9-7-13)12-18-15(17)20(16)11-10-19(2)3/h6-9H,5,10-12H2,1-4H3,(H2,17,18). The predicted octanol–water partition coefficient (Wildman–Crippen LogP) is 1.49. The molecule has 2 rings (SSSR count). The van der Waals surface area contributed by atoms with Gasteiger partial charge < -0.3 is 20.3 Å². The van der Waals surface area contributed by atoms with Crippen LogP contribution in [0.5, 0.6) is 5.75 Å². The second kappa shape index (κ2) is 6.35. The van der Waals surface area contributed by atoms with E-state index in [1.54, 1.807) is 7.11 Å². The van der Waals surface area contributed by atoms with Gasteiger partial charge in [0.15, 0.2) is 5.96 Å². The summed E-state index contributed by atoms with van der Waals surface area (Å²) < 4.78 is 5.25. The first kappa shape index (κ1) is 15.6. The van der Waals surface area contributed by atoms with Gasteiger partial charge in [-0.2, -0.15) is 0 Å². The lowest BCUT2D eigenvalue weighted by Crippen LogP contribution is -2.51. The van der Waals surface area contributed by atoms with Crippen molar-refractivity contribution in [3.8, 4) is 5.75 Å². The lowest BCUT2D eigenvalue weighted by Gasteiger charge is -2.39. The fourth-order valence-corrected chi connectivity index (χ4v) is 2.89. The number of benzene rings is 1. The van der Waals surface area contributed by atoms with Gasteiger partial charge >= 0.3 is 0 Å². The Bertz CT molecular complexity index is 498. The van der Waals surface area contributed by atoms with Gasteiger partial charge in [-0.25, -0.2) is 0 Å². The van der Waals surface area contributed by atoms with Crippen molar-refractivity contribution in [3.05, 3.63) is 29.8 Å². The average molecular weight is 290 g/mol. The highest BCUT2D eigenvalue weighted by atomic mass is 16.5. The molecular weight excluding hydrogens is 264 g/mol. The van der Waals surface area contributed by atoms with Gasteiger partial charge in [0.05, 0.1) is 19.2 Å². The van der Waals surface area contributed by atoms with Gasteiger partial charge in [-0.1, -0.05) is 19.1 Å². The molecule has 0 fully saturated rings. The molecule has 0 aliphatic carbocycles. The Hall–Kier alpha value is -1.75. The van der Waals surface area contributed by atoms with E-state index < -0.39 is 0 Å². The van der Waals surface area contributed by atoms with Gasteiger partial charge in [-0.05, 0) is 38.2 Å². The van der Waals surface area contributed by atoms with Crippen molar-refractivity contribution in [2.24, 2.45) is 10.7 Å². The van der Waals surface area contributed by atoms with E-state index in [1.165, 1.54) is 5.56 Å². The number of aliphatic imine (C=N–C) groups is 1. The quantitative estimate of drug-likeness (QED) is 0.862. The number of likely N-dealkylation sites (N-methyl/N-ethyl adjacent to an activating group) is 1. The maximum absolute atomic E-state index is 6.14. The van der Waals surface area contributed by atoms with Crippen LogP contribution >= 0.6 is 0 Å². The molecule has 0 saturated heterocycles. The number of methoxy groups -OCH3 is 1. The van der Waals surface area contributed by atoms with Crippen molar-refractivity contribution in [2.75, 3.05) is 40.8 Å². The van der Waals surface area contributed by atoms with Gasteiger partial charge in [0.2, 0.25) is 0 Å². The number of hydrogen-bond acceptors (Lipinski definition) is 5. The van der Waals surface area contributed by atoms with E-state index in [1.807, 2.05) is 12.1 Å². The van der Waals surface area contributed by atoms with Crippen LogP contribution in [-0.4, -0.2) is 56.6 Å². The summed E-state index contributed by atoms with van der Waals surface area (Å²) in [6.45, 7) is 4.74. The smallest absolute Gasteiger partial charge is 0.192 e. The highest BCUT2D eigenvalue weighted by Gasteiger charge is 2.42. The van der Waals surface area contributed by atoms with E-state index in [2.05, 4.69) is 47.9 Å². The summed E-state index contributed by atoms with van der Waals surface area (Å²) >= 11 is 0. The molecule has 0 aromatic heterocycles. The number of hydrogen-bond donors (Lipinski definition) is 1. The molecule has 21 heavy (non-hydrogen) atoms. The van der Waals surface area contributed by atoms with Gasteiger partial charge in [-0.3, -0.25) is 4.99 Å². The maximum Gasteiger partial charge on any atom is 0.192 e. The van der Waals surface area contributed by atoms with Crippen molar-refractivity contribution in [1.29, 1.82) is 0 Å². The molecule has 5 nitrogen and oxygen atoms in total. The molecule has 1 aromatic rings. The largest absolute Gasteiger partial charge is 0.497 e. The second-order valence-electron chi connectivity index (χ2n) is 5.74. The third kappa shape index (κ3) is 2.97. The first-order chi connectivity index (χ1) is 10.0. The molecule has 0 radical (unpaired) electrons. The van der Waals surface area contributed by atoms with Crippen LogP contribution in [0.25, 0.3) is 0 Å². The summed E-state index contributed by atoms with van der Waals surface area (Å²) in [5, 5.41) is 0. The van der Waals surface area contributed by atoms with Crippen LogP contribution in [0.2, 0.25) is 0 Å². The average Bonchev–Trinajstić information content (AvgIpc) is 2.82. The number of ether oxygens (including phenoxy) is 1. The van der Waals surface area contributed by atoms with Crippen LogP contribution in [-0.2, 0) is 5.54 Å². The molecule has 0 spiro atoms. The SMILES string of the molecule is CCC1(c2ccc(OC)cc2)CN=C(N)N1CCN(C)C. The molecule has 1 unspecified atom stereocenters. The lowest BCUT2D eigenvalue weighted by atomic mass is 9.86. The topological polar surface area (TPSA) is 54.1 Å². The summed E-state index contributed by atoms with van der Waals surface area (Å²) in [5.41, 5.74) is 7.25. The van der Waals surface area contributed by atoms with Gasteiger partial charge in [0.1, 0.15) is 5.75 Å². The molecule has 5 heteroatoms.